The number of hydrogen-bond acceptors (Lipinski definition) is 2. The SMILES string of the molecule is O=S(=O)(c1cc2c(Br)c(C(F)(F)F)cc(F)c2[nH]1)N1CCC[C@H]1C(F)(F)F. The maximum atomic E-state index is 14.1. The number of alkyl halides is 6. The van der Waals surface area contributed by atoms with Crippen molar-refractivity contribution in [3.63, 3.8) is 0 Å². The molecule has 1 aliphatic rings. The van der Waals surface area contributed by atoms with Gasteiger partial charge in [0.15, 0.2) is 0 Å². The molecule has 4 nitrogen and oxygen atoms in total. The summed E-state index contributed by atoms with van der Waals surface area (Å²) in [6.45, 7) is -0.403. The Morgan fingerprint density at radius 2 is 1.78 bits per heavy atom. The predicted molar refractivity (Wildman–Crippen MR) is 83.9 cm³/mol. The van der Waals surface area contributed by atoms with Crippen molar-refractivity contribution in [3.05, 3.63) is 28.0 Å². The van der Waals surface area contributed by atoms with Gasteiger partial charge in [0.1, 0.15) is 16.9 Å². The first kappa shape index (κ1) is 20.4. The van der Waals surface area contributed by atoms with Gasteiger partial charge in [0.2, 0.25) is 0 Å². The minimum Gasteiger partial charge on any atom is -0.342 e. The first-order valence-electron chi connectivity index (χ1n) is 7.41. The number of sulfonamides is 1. The highest BCUT2D eigenvalue weighted by Crippen LogP contribution is 2.42. The first-order valence-corrected chi connectivity index (χ1v) is 9.64. The molecule has 1 aromatic heterocycles. The molecule has 3 rings (SSSR count). The third kappa shape index (κ3) is 3.44. The zero-order valence-electron chi connectivity index (χ0n) is 13.0. The van der Waals surface area contributed by atoms with Gasteiger partial charge in [-0.25, -0.2) is 12.8 Å². The third-order valence-corrected chi connectivity index (χ3v) is 6.93. The highest BCUT2D eigenvalue weighted by molar-refractivity contribution is 9.10. The standard InChI is InChI=1S/C14H10BrF7N2O2S/c15-11-6-4-10(23-12(6)8(16)5-7(11)13(17,18)19)27(25,26)24-3-1-2-9(24)14(20,21)22/h4-5,9,23H,1-3H2/t9-/m0/s1. The molecule has 0 unspecified atom stereocenters. The Morgan fingerprint density at radius 3 is 2.33 bits per heavy atom. The fraction of sp³-hybridized carbons (Fsp3) is 0.429. The van der Waals surface area contributed by atoms with Gasteiger partial charge >= 0.3 is 12.4 Å². The zero-order chi connectivity index (χ0) is 20.4. The summed E-state index contributed by atoms with van der Waals surface area (Å²) >= 11 is 2.66. The van der Waals surface area contributed by atoms with E-state index in [4.69, 9.17) is 0 Å². The highest BCUT2D eigenvalue weighted by Gasteiger charge is 2.51. The molecule has 150 valence electrons. The number of H-pyrrole nitrogens is 1. The van der Waals surface area contributed by atoms with Crippen LogP contribution in [0.4, 0.5) is 30.7 Å². The molecule has 0 spiro atoms. The van der Waals surface area contributed by atoms with E-state index in [0.29, 0.717) is 6.07 Å². The lowest BCUT2D eigenvalue weighted by Gasteiger charge is -2.25. The maximum absolute atomic E-state index is 14.1. The van der Waals surface area contributed by atoms with Crippen LogP contribution < -0.4 is 0 Å². The number of hydrogen-bond donors (Lipinski definition) is 1. The Labute approximate surface area is 156 Å². The van der Waals surface area contributed by atoms with E-state index < -0.39 is 73.2 Å². The van der Waals surface area contributed by atoms with Crippen molar-refractivity contribution in [2.45, 2.75) is 36.3 Å². The van der Waals surface area contributed by atoms with Gasteiger partial charge in [-0.1, -0.05) is 0 Å². The van der Waals surface area contributed by atoms with Crippen LogP contribution in [0.25, 0.3) is 10.9 Å². The Balaban J connectivity index is 2.15. The summed E-state index contributed by atoms with van der Waals surface area (Å²) in [5.41, 5.74) is -1.93. The molecule has 0 radical (unpaired) electrons. The Hall–Kier alpha value is -1.34. The average molecular weight is 483 g/mol. The lowest BCUT2D eigenvalue weighted by atomic mass is 10.1. The second kappa shape index (κ2) is 6.34. The van der Waals surface area contributed by atoms with E-state index in [1.54, 1.807) is 0 Å². The van der Waals surface area contributed by atoms with Gasteiger partial charge in [-0.05, 0) is 40.9 Å². The van der Waals surface area contributed by atoms with E-state index in [2.05, 4.69) is 20.9 Å². The average Bonchev–Trinajstić information content (AvgIpc) is 3.16. The van der Waals surface area contributed by atoms with Gasteiger partial charge in [-0.3, -0.25) is 0 Å². The quantitative estimate of drug-likeness (QED) is 0.625. The smallest absolute Gasteiger partial charge is 0.342 e. The van der Waals surface area contributed by atoms with E-state index in [0.717, 1.165) is 0 Å². The summed E-state index contributed by atoms with van der Waals surface area (Å²) in [6, 6.07) is -1.38. The second-order valence-corrected chi connectivity index (χ2v) is 8.61. The van der Waals surface area contributed by atoms with E-state index in [1.165, 1.54) is 0 Å². The van der Waals surface area contributed by atoms with Crippen LogP contribution in [0.3, 0.4) is 0 Å². The monoisotopic (exact) mass is 482 g/mol. The number of nitrogens with one attached hydrogen (secondary N) is 1. The fourth-order valence-corrected chi connectivity index (χ4v) is 5.36. The second-order valence-electron chi connectivity index (χ2n) is 5.96. The Bertz CT molecular complexity index is 998. The van der Waals surface area contributed by atoms with Crippen LogP contribution in [0.2, 0.25) is 0 Å². The summed E-state index contributed by atoms with van der Waals surface area (Å²) in [5.74, 6) is -1.38. The van der Waals surface area contributed by atoms with Gasteiger partial charge in [-0.2, -0.15) is 30.6 Å². The lowest BCUT2D eigenvalue weighted by molar-refractivity contribution is -0.165. The lowest BCUT2D eigenvalue weighted by Crippen LogP contribution is -2.44. The molecule has 13 heteroatoms. The molecule has 1 atom stereocenters. The summed E-state index contributed by atoms with van der Waals surface area (Å²) in [4.78, 5) is 2.10. The molecule has 2 aromatic rings. The fourth-order valence-electron chi connectivity index (χ4n) is 3.03. The van der Waals surface area contributed by atoms with Gasteiger partial charge < -0.3 is 4.98 Å². The van der Waals surface area contributed by atoms with E-state index in [9.17, 15) is 39.2 Å². The number of aromatic nitrogens is 1. The molecule has 1 saturated heterocycles. The maximum Gasteiger partial charge on any atom is 0.417 e. The van der Waals surface area contributed by atoms with Crippen LogP contribution in [-0.2, 0) is 16.2 Å². The van der Waals surface area contributed by atoms with Crippen molar-refractivity contribution in [1.82, 2.24) is 9.29 Å². The Kier molecular flexibility index (Phi) is 4.79. The molecule has 0 saturated carbocycles. The third-order valence-electron chi connectivity index (χ3n) is 4.25. The van der Waals surface area contributed by atoms with Gasteiger partial charge in [-0.15, -0.1) is 0 Å². The van der Waals surface area contributed by atoms with Crippen LogP contribution in [0.15, 0.2) is 21.6 Å². The van der Waals surface area contributed by atoms with Gasteiger partial charge in [0.05, 0.1) is 11.1 Å². The number of benzene rings is 1. The molecule has 0 amide bonds. The molecule has 1 aliphatic heterocycles. The highest BCUT2D eigenvalue weighted by atomic mass is 79.9. The van der Waals surface area contributed by atoms with Crippen molar-refractivity contribution < 1.29 is 39.2 Å². The number of nitrogens with zero attached hydrogens (tertiary/aromatic N) is 1. The van der Waals surface area contributed by atoms with Crippen molar-refractivity contribution in [3.8, 4) is 0 Å². The number of fused-ring (bicyclic) bond motifs is 1. The first-order chi connectivity index (χ1) is 12.2. The Morgan fingerprint density at radius 1 is 1.15 bits per heavy atom. The van der Waals surface area contributed by atoms with Crippen molar-refractivity contribution in [2.24, 2.45) is 0 Å². The molecule has 1 N–H and O–H groups in total. The van der Waals surface area contributed by atoms with Crippen LogP contribution in [0.5, 0.6) is 0 Å². The number of rotatable bonds is 2. The van der Waals surface area contributed by atoms with E-state index >= 15 is 0 Å². The van der Waals surface area contributed by atoms with Gasteiger partial charge in [0, 0.05) is 16.4 Å². The summed E-state index contributed by atoms with van der Waals surface area (Å²) in [6.07, 6.45) is -10.2. The number of aromatic amines is 1. The van der Waals surface area contributed by atoms with Crippen LogP contribution in [0, 0.1) is 5.82 Å². The summed E-state index contributed by atoms with van der Waals surface area (Å²) < 4.78 is 117. The van der Waals surface area contributed by atoms with Crippen molar-refractivity contribution >= 4 is 36.9 Å². The normalized spacial score (nSPS) is 19.9. The van der Waals surface area contributed by atoms with Crippen LogP contribution in [-0.4, -0.2) is 36.5 Å². The molecular formula is C14H10BrF7N2O2S. The zero-order valence-corrected chi connectivity index (χ0v) is 15.5. The van der Waals surface area contributed by atoms with Crippen LogP contribution in [0.1, 0.15) is 18.4 Å². The molecule has 0 bridgehead atoms. The molecular weight excluding hydrogens is 473 g/mol. The summed E-state index contributed by atoms with van der Waals surface area (Å²) in [5, 5.41) is -1.25. The molecule has 27 heavy (non-hydrogen) atoms. The minimum absolute atomic E-state index is 0.0279. The predicted octanol–water partition coefficient (Wildman–Crippen LogP) is 4.80. The molecule has 1 fully saturated rings. The topological polar surface area (TPSA) is 53.2 Å². The van der Waals surface area contributed by atoms with Crippen molar-refractivity contribution in [1.29, 1.82) is 0 Å². The van der Waals surface area contributed by atoms with Crippen LogP contribution >= 0.6 is 15.9 Å². The summed E-state index contributed by atoms with van der Waals surface area (Å²) in [7, 11) is -4.73. The van der Waals surface area contributed by atoms with E-state index in [1.807, 2.05) is 0 Å². The molecule has 0 aliphatic carbocycles. The minimum atomic E-state index is -4.92. The molecule has 1 aromatic carbocycles. The number of halogens is 8. The van der Waals surface area contributed by atoms with Gasteiger partial charge in [0.25, 0.3) is 10.0 Å². The molecule has 2 heterocycles. The van der Waals surface area contributed by atoms with E-state index in [-0.39, 0.29) is 16.8 Å². The largest absolute Gasteiger partial charge is 0.417 e. The van der Waals surface area contributed by atoms with Crippen molar-refractivity contribution in [2.75, 3.05) is 6.54 Å².